The van der Waals surface area contributed by atoms with Gasteiger partial charge in [-0.25, -0.2) is 9.78 Å². The summed E-state index contributed by atoms with van der Waals surface area (Å²) < 4.78 is 4.54. The van der Waals surface area contributed by atoms with Crippen molar-refractivity contribution in [2.24, 2.45) is 5.11 Å². The first-order valence-corrected chi connectivity index (χ1v) is 4.83. The fraction of sp³-hybridized carbons (Fsp3) is 0.273. The fourth-order valence-electron chi connectivity index (χ4n) is 1.03. The summed E-state index contributed by atoms with van der Waals surface area (Å²) in [7, 11) is 1.29. The van der Waals surface area contributed by atoms with E-state index >= 15 is 0 Å². The molecule has 0 spiro atoms. The van der Waals surface area contributed by atoms with Gasteiger partial charge in [0.1, 0.15) is 11.4 Å². The van der Waals surface area contributed by atoms with Crippen LogP contribution in [0.15, 0.2) is 23.3 Å². The first kappa shape index (κ1) is 12.6. The molecule has 0 fully saturated rings. The molecule has 0 aliphatic rings. The maximum absolute atomic E-state index is 11.2. The first-order chi connectivity index (χ1) is 8.27. The van der Waals surface area contributed by atoms with E-state index in [0.717, 1.165) is 0 Å². The summed E-state index contributed by atoms with van der Waals surface area (Å²) in [6.45, 7) is 0.320. The Morgan fingerprint density at radius 2 is 2.47 bits per heavy atom. The summed E-state index contributed by atoms with van der Waals surface area (Å²) in [5, 5.41) is 3.35. The summed E-state index contributed by atoms with van der Waals surface area (Å²) in [4.78, 5) is 17.8. The summed E-state index contributed by atoms with van der Waals surface area (Å²) in [6, 6.07) is 4.92. The number of rotatable bonds is 3. The summed E-state index contributed by atoms with van der Waals surface area (Å²) in [5.74, 6) is 5.06. The molecule has 1 rings (SSSR count). The number of carbonyl (C=O) groups excluding carboxylic acids is 1. The highest BCUT2D eigenvalue weighted by molar-refractivity contribution is 5.87. The topological polar surface area (TPSA) is 88.0 Å². The number of methoxy groups -OCH3 is 1. The highest BCUT2D eigenvalue weighted by atomic mass is 16.5. The van der Waals surface area contributed by atoms with Crippen LogP contribution in [0.2, 0.25) is 0 Å². The molecule has 1 aromatic heterocycles. The number of pyridine rings is 1. The van der Waals surface area contributed by atoms with Gasteiger partial charge in [0, 0.05) is 17.9 Å². The number of ether oxygens (including phenoxy) is 1. The molecule has 6 nitrogen and oxygen atoms in total. The van der Waals surface area contributed by atoms with Crippen LogP contribution in [0.25, 0.3) is 10.4 Å². The number of esters is 1. The van der Waals surface area contributed by atoms with Crippen molar-refractivity contribution in [2.45, 2.75) is 6.42 Å². The minimum absolute atomic E-state index is 0.217. The molecule has 0 unspecified atom stereocenters. The molecule has 0 saturated heterocycles. The monoisotopic (exact) mass is 230 g/mol. The Kier molecular flexibility index (Phi) is 5.08. The molecule has 1 aromatic rings. The van der Waals surface area contributed by atoms with Crippen LogP contribution in [0, 0.1) is 11.8 Å². The predicted molar refractivity (Wildman–Crippen MR) is 61.1 cm³/mol. The molecule has 17 heavy (non-hydrogen) atoms. The second-order valence-corrected chi connectivity index (χ2v) is 2.91. The van der Waals surface area contributed by atoms with Gasteiger partial charge in [0.05, 0.1) is 7.11 Å². The molecule has 0 bridgehead atoms. The lowest BCUT2D eigenvalue weighted by molar-refractivity contribution is 0.0594. The Balaban J connectivity index is 2.71. The van der Waals surface area contributed by atoms with Crippen molar-refractivity contribution in [3.63, 3.8) is 0 Å². The molecule has 6 heteroatoms. The average Bonchev–Trinajstić information content (AvgIpc) is 2.38. The molecule has 0 aliphatic carbocycles. The molecular formula is C11H10N4O2. The summed E-state index contributed by atoms with van der Waals surface area (Å²) in [6.07, 6.45) is 0.453. The van der Waals surface area contributed by atoms with Crippen molar-refractivity contribution in [2.75, 3.05) is 13.7 Å². The number of azide groups is 1. The largest absolute Gasteiger partial charge is 0.464 e. The predicted octanol–water partition coefficient (Wildman–Crippen LogP) is 1.92. The zero-order valence-corrected chi connectivity index (χ0v) is 9.25. The number of hydrogen-bond acceptors (Lipinski definition) is 4. The minimum atomic E-state index is -0.497. The molecule has 0 atom stereocenters. The molecule has 0 saturated carbocycles. The molecule has 86 valence electrons. The van der Waals surface area contributed by atoms with Gasteiger partial charge in [-0.15, -0.1) is 0 Å². The zero-order chi connectivity index (χ0) is 12.5. The van der Waals surface area contributed by atoms with E-state index < -0.39 is 5.97 Å². The molecular weight excluding hydrogens is 220 g/mol. The second kappa shape index (κ2) is 6.88. The van der Waals surface area contributed by atoms with Crippen LogP contribution >= 0.6 is 0 Å². The van der Waals surface area contributed by atoms with Crippen LogP contribution in [0.3, 0.4) is 0 Å². The van der Waals surface area contributed by atoms with Crippen LogP contribution < -0.4 is 0 Å². The Labute approximate surface area is 98.2 Å². The van der Waals surface area contributed by atoms with Gasteiger partial charge in [0.25, 0.3) is 0 Å². The van der Waals surface area contributed by atoms with E-state index in [1.165, 1.54) is 7.11 Å². The lowest BCUT2D eigenvalue weighted by Crippen LogP contribution is -2.04. The molecule has 0 radical (unpaired) electrons. The van der Waals surface area contributed by atoms with Gasteiger partial charge in [-0.05, 0) is 23.6 Å². The number of hydrogen-bond donors (Lipinski definition) is 0. The Bertz CT molecular complexity index is 510. The van der Waals surface area contributed by atoms with Crippen molar-refractivity contribution in [3.8, 4) is 11.8 Å². The summed E-state index contributed by atoms with van der Waals surface area (Å²) >= 11 is 0. The Hall–Kier alpha value is -2.51. The third-order valence-corrected chi connectivity index (χ3v) is 1.76. The maximum Gasteiger partial charge on any atom is 0.356 e. The van der Waals surface area contributed by atoms with Crippen LogP contribution in [0.5, 0.6) is 0 Å². The van der Waals surface area contributed by atoms with E-state index in [1.807, 2.05) is 0 Å². The smallest absolute Gasteiger partial charge is 0.356 e. The van der Waals surface area contributed by atoms with Crippen molar-refractivity contribution in [1.82, 2.24) is 4.98 Å². The lowest BCUT2D eigenvalue weighted by atomic mass is 10.3. The second-order valence-electron chi connectivity index (χ2n) is 2.91. The average molecular weight is 230 g/mol. The lowest BCUT2D eigenvalue weighted by Gasteiger charge is -1.97. The first-order valence-electron chi connectivity index (χ1n) is 4.83. The van der Waals surface area contributed by atoms with Gasteiger partial charge in [-0.3, -0.25) is 0 Å². The molecule has 0 aliphatic heterocycles. The van der Waals surface area contributed by atoms with E-state index in [4.69, 9.17) is 5.53 Å². The van der Waals surface area contributed by atoms with Crippen LogP contribution in [0.1, 0.15) is 22.6 Å². The third-order valence-electron chi connectivity index (χ3n) is 1.76. The van der Waals surface area contributed by atoms with Gasteiger partial charge >= 0.3 is 5.97 Å². The van der Waals surface area contributed by atoms with Crippen LogP contribution in [0.4, 0.5) is 0 Å². The summed E-state index contributed by atoms with van der Waals surface area (Å²) in [5.41, 5.74) is 8.75. The van der Waals surface area contributed by atoms with Crippen LogP contribution in [-0.4, -0.2) is 24.6 Å². The number of carbonyl (C=O) groups is 1. The van der Waals surface area contributed by atoms with Gasteiger partial charge in [-0.1, -0.05) is 17.1 Å². The highest BCUT2D eigenvalue weighted by Gasteiger charge is 2.05. The van der Waals surface area contributed by atoms with Gasteiger partial charge in [-0.2, -0.15) is 0 Å². The molecule has 0 N–H and O–H groups in total. The minimum Gasteiger partial charge on any atom is -0.464 e. The zero-order valence-electron chi connectivity index (χ0n) is 9.25. The van der Waals surface area contributed by atoms with E-state index in [9.17, 15) is 4.79 Å². The maximum atomic E-state index is 11.2. The van der Waals surface area contributed by atoms with E-state index in [1.54, 1.807) is 18.2 Å². The molecule has 0 amide bonds. The van der Waals surface area contributed by atoms with E-state index in [-0.39, 0.29) is 5.69 Å². The standard InChI is InChI=1S/C11H10N4O2/c1-17-11(16)10-7-4-6-9(14-10)5-2-3-8-13-15-12/h4,6-7H,3,8H2,1H3. The van der Waals surface area contributed by atoms with Crippen molar-refractivity contribution >= 4 is 5.97 Å². The van der Waals surface area contributed by atoms with E-state index in [0.29, 0.717) is 18.7 Å². The fourth-order valence-corrected chi connectivity index (χ4v) is 1.03. The molecule has 0 aromatic carbocycles. The van der Waals surface area contributed by atoms with E-state index in [2.05, 4.69) is 31.6 Å². The quantitative estimate of drug-likeness (QED) is 0.198. The normalized spacial score (nSPS) is 8.53. The van der Waals surface area contributed by atoms with Gasteiger partial charge in [0.15, 0.2) is 0 Å². The van der Waals surface area contributed by atoms with Gasteiger partial charge < -0.3 is 4.74 Å². The molecule has 1 heterocycles. The highest BCUT2D eigenvalue weighted by Crippen LogP contribution is 1.99. The number of nitrogens with zero attached hydrogens (tertiary/aromatic N) is 4. The van der Waals surface area contributed by atoms with Crippen molar-refractivity contribution in [1.29, 1.82) is 0 Å². The Morgan fingerprint density at radius 3 is 3.18 bits per heavy atom. The SMILES string of the molecule is COC(=O)c1cccc(C#CCCN=[N+]=[N-])n1. The third kappa shape index (κ3) is 4.24. The Morgan fingerprint density at radius 1 is 1.65 bits per heavy atom. The van der Waals surface area contributed by atoms with Crippen molar-refractivity contribution < 1.29 is 9.53 Å². The number of aromatic nitrogens is 1. The van der Waals surface area contributed by atoms with Crippen LogP contribution in [-0.2, 0) is 4.74 Å². The van der Waals surface area contributed by atoms with Crippen molar-refractivity contribution in [3.05, 3.63) is 40.0 Å². The van der Waals surface area contributed by atoms with Gasteiger partial charge in [0.2, 0.25) is 0 Å².